The number of esters is 1. The van der Waals surface area contributed by atoms with Crippen LogP contribution in [0.1, 0.15) is 85.0 Å². The van der Waals surface area contributed by atoms with E-state index in [9.17, 15) is 14.4 Å². The van der Waals surface area contributed by atoms with E-state index in [4.69, 9.17) is 25.8 Å². The molecule has 0 bridgehead atoms. The maximum Gasteiger partial charge on any atom is 0.302 e. The van der Waals surface area contributed by atoms with Crippen LogP contribution in [0.5, 0.6) is 0 Å². The van der Waals surface area contributed by atoms with Gasteiger partial charge < -0.3 is 19.1 Å². The molecule has 1 saturated heterocycles. The van der Waals surface area contributed by atoms with Gasteiger partial charge in [0.05, 0.1) is 18.6 Å². The molecule has 2 fully saturated rings. The van der Waals surface area contributed by atoms with Crippen LogP contribution in [0.2, 0.25) is 0 Å². The highest BCUT2D eigenvalue weighted by molar-refractivity contribution is 6.30. The van der Waals surface area contributed by atoms with Gasteiger partial charge >= 0.3 is 5.97 Å². The fourth-order valence-electron chi connectivity index (χ4n) is 4.81. The Morgan fingerprint density at radius 1 is 1.25 bits per heavy atom. The summed E-state index contributed by atoms with van der Waals surface area (Å²) in [5.74, 6) is -1.04. The van der Waals surface area contributed by atoms with E-state index in [0.29, 0.717) is 24.3 Å². The molecular formula is C28H44ClNO6. The Morgan fingerprint density at radius 3 is 2.64 bits per heavy atom. The van der Waals surface area contributed by atoms with Crippen LogP contribution in [0.25, 0.3) is 0 Å². The van der Waals surface area contributed by atoms with E-state index >= 15 is 0 Å². The van der Waals surface area contributed by atoms with E-state index in [0.717, 1.165) is 12.8 Å². The molecule has 1 saturated carbocycles. The monoisotopic (exact) mass is 525 g/mol. The first-order chi connectivity index (χ1) is 17.1. The second kappa shape index (κ2) is 14.9. The van der Waals surface area contributed by atoms with Gasteiger partial charge in [-0.3, -0.25) is 14.4 Å². The van der Waals surface area contributed by atoms with Crippen LogP contribution in [-0.2, 0) is 28.6 Å². The van der Waals surface area contributed by atoms with Crippen LogP contribution in [0.4, 0.5) is 0 Å². The second-order valence-corrected chi connectivity index (χ2v) is 10.6. The van der Waals surface area contributed by atoms with Crippen molar-refractivity contribution in [1.82, 2.24) is 4.90 Å². The van der Waals surface area contributed by atoms with Gasteiger partial charge in [-0.15, -0.1) is 0 Å². The van der Waals surface area contributed by atoms with E-state index in [1.54, 1.807) is 32.1 Å². The average molecular weight is 526 g/mol. The highest BCUT2D eigenvalue weighted by Crippen LogP contribution is 2.50. The third-order valence-corrected chi connectivity index (χ3v) is 7.35. The Balaban J connectivity index is 1.73. The number of methoxy groups -OCH3 is 1. The van der Waals surface area contributed by atoms with E-state index in [1.165, 1.54) is 39.0 Å². The van der Waals surface area contributed by atoms with Crippen molar-refractivity contribution in [2.75, 3.05) is 20.7 Å². The number of carbonyl (C=O) groups excluding carboxylic acids is 3. The number of hydrogen-bond donors (Lipinski definition) is 0. The standard InChI is InChI=1S/C28H44ClNO6/c1-6-7-8-9-11-14-23(34-5)15-12-10-13-16-26(32)30(4)19-22(29)18-28-25(36-28)17-24(35-21(3)31)20(2)27(28)33/h10,12,18,20,23-25H,6-9,11,13-17,19H2,1-5H3. The summed E-state index contributed by atoms with van der Waals surface area (Å²) in [5, 5.41) is 0.386. The number of likely N-dealkylation sites (N-methyl/N-ethyl adjacent to an activating group) is 1. The number of hydrogen-bond acceptors (Lipinski definition) is 6. The van der Waals surface area contributed by atoms with Gasteiger partial charge in [0.2, 0.25) is 5.91 Å². The van der Waals surface area contributed by atoms with Gasteiger partial charge in [-0.2, -0.15) is 0 Å². The third-order valence-electron chi connectivity index (χ3n) is 7.12. The van der Waals surface area contributed by atoms with Crippen molar-refractivity contribution in [3.05, 3.63) is 23.3 Å². The topological polar surface area (TPSA) is 85.4 Å². The first kappa shape index (κ1) is 30.5. The molecule has 2 rings (SSSR count). The number of ether oxygens (including phenoxy) is 3. The number of amides is 1. The van der Waals surface area contributed by atoms with Gasteiger partial charge in [-0.25, -0.2) is 0 Å². The first-order valence-electron chi connectivity index (χ1n) is 13.3. The lowest BCUT2D eigenvalue weighted by Gasteiger charge is -2.28. The number of unbranched alkanes of at least 4 members (excludes halogenated alkanes) is 4. The molecule has 7 nitrogen and oxygen atoms in total. The summed E-state index contributed by atoms with van der Waals surface area (Å²) in [5.41, 5.74) is -1.06. The number of epoxide rings is 1. The SMILES string of the molecule is CCCCCCCC(CC=CCCC(=O)N(C)CC(Cl)=CC12OC1CC(OC(C)=O)C(C)C2=O)OC. The predicted molar refractivity (Wildman–Crippen MR) is 141 cm³/mol. The molecule has 0 aromatic carbocycles. The van der Waals surface area contributed by atoms with Gasteiger partial charge in [0, 0.05) is 39.0 Å². The highest BCUT2D eigenvalue weighted by Gasteiger charge is 2.66. The summed E-state index contributed by atoms with van der Waals surface area (Å²) >= 11 is 6.43. The molecule has 36 heavy (non-hydrogen) atoms. The molecule has 0 aromatic rings. The van der Waals surface area contributed by atoms with E-state index in [2.05, 4.69) is 13.0 Å². The number of carbonyl (C=O) groups is 3. The average Bonchev–Trinajstić information content (AvgIpc) is 3.53. The number of nitrogens with zero attached hydrogens (tertiary/aromatic N) is 1. The first-order valence-corrected chi connectivity index (χ1v) is 13.7. The lowest BCUT2D eigenvalue weighted by atomic mass is 9.78. The molecule has 1 heterocycles. The van der Waals surface area contributed by atoms with Gasteiger partial charge in [-0.1, -0.05) is 69.7 Å². The number of rotatable bonds is 16. The van der Waals surface area contributed by atoms with Crippen LogP contribution < -0.4 is 0 Å². The molecule has 8 heteroatoms. The molecule has 1 amide bonds. The van der Waals surface area contributed by atoms with E-state index in [-0.39, 0.29) is 30.4 Å². The zero-order chi connectivity index (χ0) is 26.7. The van der Waals surface area contributed by atoms with E-state index in [1.807, 2.05) is 6.08 Å². The maximum absolute atomic E-state index is 12.9. The zero-order valence-electron chi connectivity index (χ0n) is 22.6. The molecule has 204 valence electrons. The summed E-state index contributed by atoms with van der Waals surface area (Å²) in [4.78, 5) is 38.3. The summed E-state index contributed by atoms with van der Waals surface area (Å²) < 4.78 is 16.5. The summed E-state index contributed by atoms with van der Waals surface area (Å²) in [7, 11) is 3.46. The molecule has 2 aliphatic rings. The number of ketones is 1. The minimum absolute atomic E-state index is 0.0190. The Kier molecular flexibility index (Phi) is 12.6. The fourth-order valence-corrected chi connectivity index (χ4v) is 5.15. The summed E-state index contributed by atoms with van der Waals surface area (Å²) in [6.45, 7) is 5.50. The van der Waals surface area contributed by atoms with Crippen LogP contribution >= 0.6 is 11.6 Å². The van der Waals surface area contributed by atoms with Crippen molar-refractivity contribution >= 4 is 29.3 Å². The van der Waals surface area contributed by atoms with Gasteiger partial charge in [0.1, 0.15) is 12.2 Å². The minimum atomic E-state index is -1.06. The summed E-state index contributed by atoms with van der Waals surface area (Å²) in [6.07, 6.45) is 14.9. The molecular weight excluding hydrogens is 482 g/mol. The molecule has 0 N–H and O–H groups in total. The fraction of sp³-hybridized carbons (Fsp3) is 0.750. The maximum atomic E-state index is 12.9. The van der Waals surface area contributed by atoms with E-state index < -0.39 is 23.6 Å². The molecule has 5 unspecified atom stereocenters. The molecule has 5 atom stereocenters. The van der Waals surface area contributed by atoms with Gasteiger partial charge in [0.15, 0.2) is 11.4 Å². The van der Waals surface area contributed by atoms with Crippen LogP contribution in [0.3, 0.4) is 0 Å². The van der Waals surface area contributed by atoms with Gasteiger partial charge in [0.25, 0.3) is 0 Å². The summed E-state index contributed by atoms with van der Waals surface area (Å²) in [6, 6.07) is 0. The molecule has 0 radical (unpaired) electrons. The minimum Gasteiger partial charge on any atom is -0.462 e. The zero-order valence-corrected chi connectivity index (χ0v) is 23.4. The second-order valence-electron chi connectivity index (χ2n) is 10.1. The number of fused-ring (bicyclic) bond motifs is 1. The normalized spacial score (nSPS) is 26.6. The number of allylic oxidation sites excluding steroid dienone is 1. The lowest BCUT2D eigenvalue weighted by Crippen LogP contribution is -2.44. The lowest BCUT2D eigenvalue weighted by molar-refractivity contribution is -0.152. The molecule has 0 spiro atoms. The van der Waals surface area contributed by atoms with Crippen molar-refractivity contribution in [3.8, 4) is 0 Å². The van der Waals surface area contributed by atoms with Crippen LogP contribution in [0, 0.1) is 5.92 Å². The van der Waals surface area contributed by atoms with Crippen LogP contribution in [-0.4, -0.2) is 67.2 Å². The Bertz CT molecular complexity index is 812. The predicted octanol–water partition coefficient (Wildman–Crippen LogP) is 5.35. The highest BCUT2D eigenvalue weighted by atomic mass is 35.5. The smallest absolute Gasteiger partial charge is 0.302 e. The molecule has 1 aliphatic carbocycles. The largest absolute Gasteiger partial charge is 0.462 e. The number of Topliss-reactive ketones (excluding diaryl/α,β-unsaturated/α-hetero) is 1. The molecule has 0 aromatic heterocycles. The van der Waals surface area contributed by atoms with Crippen molar-refractivity contribution in [1.29, 1.82) is 0 Å². The van der Waals surface area contributed by atoms with Crippen molar-refractivity contribution in [2.24, 2.45) is 5.92 Å². The Morgan fingerprint density at radius 2 is 1.97 bits per heavy atom. The van der Waals surface area contributed by atoms with Crippen molar-refractivity contribution in [3.63, 3.8) is 0 Å². The van der Waals surface area contributed by atoms with Crippen molar-refractivity contribution < 1.29 is 28.6 Å². The Hall–Kier alpha value is -1.70. The number of halogens is 1. The third kappa shape index (κ3) is 9.00. The van der Waals surface area contributed by atoms with Crippen LogP contribution in [0.15, 0.2) is 23.3 Å². The quantitative estimate of drug-likeness (QED) is 0.117. The Labute approximate surface area is 221 Å². The van der Waals surface area contributed by atoms with Crippen molar-refractivity contribution in [2.45, 2.75) is 109 Å². The van der Waals surface area contributed by atoms with Gasteiger partial charge in [-0.05, 0) is 25.3 Å². The molecule has 1 aliphatic heterocycles.